The van der Waals surface area contributed by atoms with E-state index < -0.39 is 10.8 Å². The number of carbonyl (C=O) groups excluding carboxylic acids is 1. The van der Waals surface area contributed by atoms with Crippen LogP contribution < -0.4 is 5.32 Å². The Hall–Kier alpha value is -2.78. The third-order valence-corrected chi connectivity index (χ3v) is 2.82. The van der Waals surface area contributed by atoms with Crippen molar-refractivity contribution < 1.29 is 14.2 Å². The van der Waals surface area contributed by atoms with Gasteiger partial charge in [-0.2, -0.15) is 10.1 Å². The molecule has 0 aliphatic carbocycles. The van der Waals surface area contributed by atoms with E-state index in [1.165, 1.54) is 4.68 Å². The van der Waals surface area contributed by atoms with Gasteiger partial charge in [-0.3, -0.25) is 19.6 Å². The molecule has 0 aromatic carbocycles. The molecule has 10 heteroatoms. The van der Waals surface area contributed by atoms with Crippen LogP contribution in [0.4, 0.5) is 5.69 Å². The maximum atomic E-state index is 11.5. The van der Waals surface area contributed by atoms with Crippen molar-refractivity contribution in [2.75, 3.05) is 6.54 Å². The Kier molecular flexibility index (Phi) is 3.96. The summed E-state index contributed by atoms with van der Waals surface area (Å²) >= 11 is 0. The zero-order chi connectivity index (χ0) is 15.6. The lowest BCUT2D eigenvalue weighted by atomic mass is 10.3. The third-order valence-electron chi connectivity index (χ3n) is 2.82. The average Bonchev–Trinajstić information content (AvgIpc) is 2.96. The molecule has 0 aliphatic rings. The van der Waals surface area contributed by atoms with Crippen LogP contribution in [-0.4, -0.2) is 37.3 Å². The van der Waals surface area contributed by atoms with E-state index >= 15 is 0 Å². The summed E-state index contributed by atoms with van der Waals surface area (Å²) in [6.45, 7) is 5.44. The second-order valence-corrected chi connectivity index (χ2v) is 4.31. The molecule has 2 aromatic rings. The number of carbonyl (C=O) groups is 1. The molecule has 2 heterocycles. The standard InChI is InChI=1S/C11H14N6O4/c1-4-12-10(18)11-13-8(15-21-11)5-16-7(3)9(17(19)20)6(2)14-16/h4-5H2,1-3H3,(H,12,18). The van der Waals surface area contributed by atoms with Crippen molar-refractivity contribution in [3.63, 3.8) is 0 Å². The van der Waals surface area contributed by atoms with Gasteiger partial charge in [0.2, 0.25) is 0 Å². The fourth-order valence-electron chi connectivity index (χ4n) is 1.89. The molecule has 0 saturated carbocycles. The van der Waals surface area contributed by atoms with E-state index in [0.29, 0.717) is 17.9 Å². The number of amides is 1. The van der Waals surface area contributed by atoms with Crippen LogP contribution in [0.25, 0.3) is 0 Å². The number of aryl methyl sites for hydroxylation is 1. The SMILES string of the molecule is CCNC(=O)c1nc(Cn2nc(C)c([N+](=O)[O-])c2C)no1. The van der Waals surface area contributed by atoms with Crippen LogP contribution in [0, 0.1) is 24.0 Å². The summed E-state index contributed by atoms with van der Waals surface area (Å²) in [5.74, 6) is -0.393. The molecule has 21 heavy (non-hydrogen) atoms. The van der Waals surface area contributed by atoms with Gasteiger partial charge in [-0.15, -0.1) is 0 Å². The zero-order valence-corrected chi connectivity index (χ0v) is 11.8. The summed E-state index contributed by atoms with van der Waals surface area (Å²) < 4.78 is 6.23. The molecule has 112 valence electrons. The minimum Gasteiger partial charge on any atom is -0.348 e. The lowest BCUT2D eigenvalue weighted by Gasteiger charge is -1.98. The van der Waals surface area contributed by atoms with Gasteiger partial charge in [-0.05, 0) is 20.8 Å². The van der Waals surface area contributed by atoms with Crippen LogP contribution in [0.5, 0.6) is 0 Å². The van der Waals surface area contributed by atoms with E-state index in [1.54, 1.807) is 20.8 Å². The Morgan fingerprint density at radius 2 is 2.19 bits per heavy atom. The van der Waals surface area contributed by atoms with Crippen LogP contribution in [0.15, 0.2) is 4.52 Å². The average molecular weight is 294 g/mol. The lowest BCUT2D eigenvalue weighted by molar-refractivity contribution is -0.386. The van der Waals surface area contributed by atoms with Gasteiger partial charge in [-0.25, -0.2) is 0 Å². The van der Waals surface area contributed by atoms with Gasteiger partial charge in [0.05, 0.1) is 4.92 Å². The molecule has 10 nitrogen and oxygen atoms in total. The largest absolute Gasteiger partial charge is 0.348 e. The lowest BCUT2D eigenvalue weighted by Crippen LogP contribution is -2.23. The Morgan fingerprint density at radius 1 is 1.48 bits per heavy atom. The minimum atomic E-state index is -0.482. The molecule has 2 rings (SSSR count). The summed E-state index contributed by atoms with van der Waals surface area (Å²) in [5.41, 5.74) is 0.661. The van der Waals surface area contributed by atoms with Gasteiger partial charge < -0.3 is 9.84 Å². The first-order valence-electron chi connectivity index (χ1n) is 6.23. The summed E-state index contributed by atoms with van der Waals surface area (Å²) in [6.07, 6.45) is 0. The predicted octanol–water partition coefficient (Wildman–Crippen LogP) is 0.589. The van der Waals surface area contributed by atoms with E-state index in [2.05, 4.69) is 20.6 Å². The maximum Gasteiger partial charge on any atom is 0.316 e. The number of aromatic nitrogens is 4. The maximum absolute atomic E-state index is 11.5. The fourth-order valence-corrected chi connectivity index (χ4v) is 1.89. The number of nitro groups is 1. The number of hydrogen-bond donors (Lipinski definition) is 1. The van der Waals surface area contributed by atoms with Crippen LogP contribution in [0.1, 0.15) is 34.8 Å². The molecule has 2 aromatic heterocycles. The Bertz CT molecular complexity index is 689. The summed E-state index contributed by atoms with van der Waals surface area (Å²) in [6, 6.07) is 0. The van der Waals surface area contributed by atoms with Gasteiger partial charge in [-0.1, -0.05) is 5.16 Å². The normalized spacial score (nSPS) is 10.6. The van der Waals surface area contributed by atoms with Crippen molar-refractivity contribution >= 4 is 11.6 Å². The molecule has 0 bridgehead atoms. The van der Waals surface area contributed by atoms with Crippen molar-refractivity contribution in [3.05, 3.63) is 33.2 Å². The summed E-state index contributed by atoms with van der Waals surface area (Å²) in [7, 11) is 0. The number of nitrogens with one attached hydrogen (secondary N) is 1. The van der Waals surface area contributed by atoms with E-state index in [-0.39, 0.29) is 23.9 Å². The molecule has 0 fully saturated rings. The monoisotopic (exact) mass is 294 g/mol. The predicted molar refractivity (Wildman–Crippen MR) is 69.8 cm³/mol. The molecule has 1 amide bonds. The summed E-state index contributed by atoms with van der Waals surface area (Å²) in [4.78, 5) is 25.9. The Balaban J connectivity index is 2.21. The molecular formula is C11H14N6O4. The quantitative estimate of drug-likeness (QED) is 0.631. The van der Waals surface area contributed by atoms with Gasteiger partial charge in [0.1, 0.15) is 17.9 Å². The highest BCUT2D eigenvalue weighted by Crippen LogP contribution is 2.22. The van der Waals surface area contributed by atoms with Gasteiger partial charge in [0.25, 0.3) is 0 Å². The summed E-state index contributed by atoms with van der Waals surface area (Å²) in [5, 5.41) is 21.2. The number of rotatable bonds is 5. The van der Waals surface area contributed by atoms with E-state index in [0.717, 1.165) is 0 Å². The van der Waals surface area contributed by atoms with Crippen LogP contribution in [0.2, 0.25) is 0 Å². The first-order valence-corrected chi connectivity index (χ1v) is 6.23. The van der Waals surface area contributed by atoms with E-state index in [9.17, 15) is 14.9 Å². The zero-order valence-electron chi connectivity index (χ0n) is 11.8. The van der Waals surface area contributed by atoms with E-state index in [4.69, 9.17) is 4.52 Å². The first kappa shape index (κ1) is 14.6. The van der Waals surface area contributed by atoms with Crippen LogP contribution in [-0.2, 0) is 6.54 Å². The Morgan fingerprint density at radius 3 is 2.76 bits per heavy atom. The second kappa shape index (κ2) is 5.69. The highest BCUT2D eigenvalue weighted by Gasteiger charge is 2.23. The van der Waals surface area contributed by atoms with E-state index in [1.807, 2.05) is 0 Å². The molecule has 0 aliphatic heterocycles. The first-order chi connectivity index (χ1) is 9.93. The highest BCUT2D eigenvalue weighted by molar-refractivity contribution is 5.89. The van der Waals surface area contributed by atoms with Crippen molar-refractivity contribution in [2.24, 2.45) is 0 Å². The van der Waals surface area contributed by atoms with Crippen molar-refractivity contribution in [2.45, 2.75) is 27.3 Å². The van der Waals surface area contributed by atoms with Gasteiger partial charge in [0, 0.05) is 6.54 Å². The van der Waals surface area contributed by atoms with Crippen molar-refractivity contribution in [1.29, 1.82) is 0 Å². The van der Waals surface area contributed by atoms with Gasteiger partial charge in [0.15, 0.2) is 5.82 Å². The van der Waals surface area contributed by atoms with Crippen LogP contribution in [0.3, 0.4) is 0 Å². The van der Waals surface area contributed by atoms with Crippen molar-refractivity contribution in [3.8, 4) is 0 Å². The molecule has 0 radical (unpaired) electrons. The number of hydrogen-bond acceptors (Lipinski definition) is 7. The molecule has 0 saturated heterocycles. The fraction of sp³-hybridized carbons (Fsp3) is 0.455. The second-order valence-electron chi connectivity index (χ2n) is 4.31. The number of nitrogens with zero attached hydrogens (tertiary/aromatic N) is 5. The third kappa shape index (κ3) is 2.88. The Labute approximate surface area is 119 Å². The molecular weight excluding hydrogens is 280 g/mol. The smallest absolute Gasteiger partial charge is 0.316 e. The van der Waals surface area contributed by atoms with Gasteiger partial charge >= 0.3 is 17.5 Å². The van der Waals surface area contributed by atoms with Crippen molar-refractivity contribution in [1.82, 2.24) is 25.2 Å². The molecule has 0 unspecified atom stereocenters. The molecule has 0 spiro atoms. The van der Waals surface area contributed by atoms with Crippen LogP contribution >= 0.6 is 0 Å². The molecule has 0 atom stereocenters. The highest BCUT2D eigenvalue weighted by atomic mass is 16.6. The topological polar surface area (TPSA) is 129 Å². The minimum absolute atomic E-state index is 0.0394. The molecule has 1 N–H and O–H groups in total.